The Kier molecular flexibility index (Phi) is 6.22. The van der Waals surface area contributed by atoms with E-state index in [0.29, 0.717) is 6.04 Å². The molecule has 0 aliphatic carbocycles. The zero-order valence-corrected chi connectivity index (χ0v) is 14.1. The molecule has 118 valence electrons. The molecule has 1 atom stereocenters. The van der Waals surface area contributed by atoms with E-state index in [2.05, 4.69) is 67.4 Å². The molecule has 1 fully saturated rings. The first-order chi connectivity index (χ1) is 10.1. The normalized spacial score (nSPS) is 19.1. The molecule has 1 heterocycles. The SMILES string of the molecule is CC(NCc1ccccc1CN(C)C)C1CCN(C)CC1. The van der Waals surface area contributed by atoms with Crippen molar-refractivity contribution >= 4 is 0 Å². The van der Waals surface area contributed by atoms with Gasteiger partial charge in [-0.2, -0.15) is 0 Å². The second-order valence-electron chi connectivity index (χ2n) is 6.82. The third-order valence-electron chi connectivity index (χ3n) is 4.69. The van der Waals surface area contributed by atoms with Gasteiger partial charge in [0.15, 0.2) is 0 Å². The fourth-order valence-corrected chi connectivity index (χ4v) is 3.19. The van der Waals surface area contributed by atoms with Crippen LogP contribution in [0.5, 0.6) is 0 Å². The van der Waals surface area contributed by atoms with Crippen LogP contribution in [-0.2, 0) is 13.1 Å². The lowest BCUT2D eigenvalue weighted by molar-refractivity contribution is 0.189. The summed E-state index contributed by atoms with van der Waals surface area (Å²) < 4.78 is 0. The van der Waals surface area contributed by atoms with Crippen molar-refractivity contribution in [3.63, 3.8) is 0 Å². The van der Waals surface area contributed by atoms with E-state index in [1.54, 1.807) is 0 Å². The van der Waals surface area contributed by atoms with Gasteiger partial charge in [0.1, 0.15) is 0 Å². The predicted octanol–water partition coefficient (Wildman–Crippen LogP) is 2.57. The average molecular weight is 289 g/mol. The van der Waals surface area contributed by atoms with Crippen LogP contribution in [0.1, 0.15) is 30.9 Å². The highest BCUT2D eigenvalue weighted by Crippen LogP contribution is 2.20. The predicted molar refractivity (Wildman–Crippen MR) is 90.4 cm³/mol. The lowest BCUT2D eigenvalue weighted by atomic mass is 9.90. The number of nitrogens with zero attached hydrogens (tertiary/aromatic N) is 2. The van der Waals surface area contributed by atoms with Crippen LogP contribution in [-0.4, -0.2) is 50.1 Å². The van der Waals surface area contributed by atoms with Crippen molar-refractivity contribution in [3.8, 4) is 0 Å². The fourth-order valence-electron chi connectivity index (χ4n) is 3.19. The van der Waals surface area contributed by atoms with Gasteiger partial charge in [0.25, 0.3) is 0 Å². The van der Waals surface area contributed by atoms with E-state index in [0.717, 1.165) is 19.0 Å². The van der Waals surface area contributed by atoms with Crippen LogP contribution in [0.15, 0.2) is 24.3 Å². The maximum Gasteiger partial charge on any atom is 0.0230 e. The minimum atomic E-state index is 0.603. The lowest BCUT2D eigenvalue weighted by Gasteiger charge is -2.33. The van der Waals surface area contributed by atoms with Crippen LogP contribution < -0.4 is 5.32 Å². The maximum absolute atomic E-state index is 3.76. The van der Waals surface area contributed by atoms with Crippen molar-refractivity contribution in [1.29, 1.82) is 0 Å². The first-order valence-electron chi connectivity index (χ1n) is 8.19. The summed E-state index contributed by atoms with van der Waals surface area (Å²) in [6.45, 7) is 6.84. The summed E-state index contributed by atoms with van der Waals surface area (Å²) in [5.41, 5.74) is 2.87. The lowest BCUT2D eigenvalue weighted by Crippen LogP contribution is -2.40. The molecule has 0 amide bonds. The molecule has 3 heteroatoms. The number of piperidine rings is 1. The Morgan fingerprint density at radius 3 is 2.43 bits per heavy atom. The summed E-state index contributed by atoms with van der Waals surface area (Å²) >= 11 is 0. The smallest absolute Gasteiger partial charge is 0.0230 e. The number of likely N-dealkylation sites (tertiary alicyclic amines) is 1. The van der Waals surface area contributed by atoms with E-state index in [4.69, 9.17) is 0 Å². The number of hydrogen-bond acceptors (Lipinski definition) is 3. The Morgan fingerprint density at radius 1 is 1.19 bits per heavy atom. The number of rotatable bonds is 6. The summed E-state index contributed by atoms with van der Waals surface area (Å²) in [6, 6.07) is 9.40. The minimum Gasteiger partial charge on any atom is -0.310 e. The zero-order valence-electron chi connectivity index (χ0n) is 14.1. The monoisotopic (exact) mass is 289 g/mol. The molecule has 0 spiro atoms. The number of benzene rings is 1. The molecule has 0 bridgehead atoms. The van der Waals surface area contributed by atoms with Gasteiger partial charge in [-0.15, -0.1) is 0 Å². The van der Waals surface area contributed by atoms with E-state index < -0.39 is 0 Å². The van der Waals surface area contributed by atoms with Gasteiger partial charge in [0.2, 0.25) is 0 Å². The number of nitrogens with one attached hydrogen (secondary N) is 1. The molecule has 1 aliphatic heterocycles. The first kappa shape index (κ1) is 16.5. The van der Waals surface area contributed by atoms with Gasteiger partial charge in [0.05, 0.1) is 0 Å². The number of hydrogen-bond donors (Lipinski definition) is 1. The summed E-state index contributed by atoms with van der Waals surface area (Å²) in [5.74, 6) is 0.821. The Bertz CT molecular complexity index is 422. The molecule has 1 aromatic rings. The Labute approximate surface area is 130 Å². The second kappa shape index (κ2) is 7.92. The zero-order chi connectivity index (χ0) is 15.2. The van der Waals surface area contributed by atoms with Crippen LogP contribution in [0, 0.1) is 5.92 Å². The van der Waals surface area contributed by atoms with E-state index in [1.807, 2.05) is 0 Å². The Morgan fingerprint density at radius 2 is 1.81 bits per heavy atom. The van der Waals surface area contributed by atoms with Crippen LogP contribution in [0.3, 0.4) is 0 Å². The third-order valence-corrected chi connectivity index (χ3v) is 4.69. The topological polar surface area (TPSA) is 18.5 Å². The molecule has 1 aliphatic rings. The summed E-state index contributed by atoms with van der Waals surface area (Å²) in [5, 5.41) is 3.76. The Balaban J connectivity index is 1.87. The highest BCUT2D eigenvalue weighted by Gasteiger charge is 2.21. The van der Waals surface area contributed by atoms with Crippen LogP contribution in [0.4, 0.5) is 0 Å². The Hall–Kier alpha value is -0.900. The van der Waals surface area contributed by atoms with Gasteiger partial charge >= 0.3 is 0 Å². The average Bonchev–Trinajstić information content (AvgIpc) is 2.46. The molecule has 1 saturated heterocycles. The molecule has 21 heavy (non-hydrogen) atoms. The van der Waals surface area contributed by atoms with Crippen molar-refractivity contribution < 1.29 is 0 Å². The van der Waals surface area contributed by atoms with Crippen molar-refractivity contribution in [2.75, 3.05) is 34.2 Å². The summed E-state index contributed by atoms with van der Waals surface area (Å²) in [7, 11) is 6.49. The van der Waals surface area contributed by atoms with Crippen molar-refractivity contribution in [3.05, 3.63) is 35.4 Å². The molecule has 2 rings (SSSR count). The van der Waals surface area contributed by atoms with E-state index >= 15 is 0 Å². The fraction of sp³-hybridized carbons (Fsp3) is 0.667. The van der Waals surface area contributed by atoms with E-state index in [-0.39, 0.29) is 0 Å². The minimum absolute atomic E-state index is 0.603. The molecular weight excluding hydrogens is 258 g/mol. The molecular formula is C18H31N3. The third kappa shape index (κ3) is 5.10. The van der Waals surface area contributed by atoms with Crippen molar-refractivity contribution in [2.45, 2.75) is 38.9 Å². The summed E-state index contributed by atoms with van der Waals surface area (Å²) in [6.07, 6.45) is 2.65. The van der Waals surface area contributed by atoms with Gasteiger partial charge < -0.3 is 15.1 Å². The van der Waals surface area contributed by atoms with Crippen molar-refractivity contribution in [1.82, 2.24) is 15.1 Å². The largest absolute Gasteiger partial charge is 0.310 e. The quantitative estimate of drug-likeness (QED) is 0.868. The molecule has 0 radical (unpaired) electrons. The van der Waals surface area contributed by atoms with Gasteiger partial charge in [-0.3, -0.25) is 0 Å². The standard InChI is InChI=1S/C18H31N3/c1-15(16-9-11-21(4)12-10-16)19-13-17-7-5-6-8-18(17)14-20(2)3/h5-8,15-16,19H,9-14H2,1-4H3. The van der Waals surface area contributed by atoms with E-state index in [9.17, 15) is 0 Å². The van der Waals surface area contributed by atoms with Gasteiger partial charge in [-0.25, -0.2) is 0 Å². The highest BCUT2D eigenvalue weighted by atomic mass is 15.1. The second-order valence-corrected chi connectivity index (χ2v) is 6.82. The van der Waals surface area contributed by atoms with Crippen LogP contribution >= 0.6 is 0 Å². The molecule has 3 nitrogen and oxygen atoms in total. The highest BCUT2D eigenvalue weighted by molar-refractivity contribution is 5.27. The summed E-state index contributed by atoms with van der Waals surface area (Å²) in [4.78, 5) is 4.68. The van der Waals surface area contributed by atoms with Crippen molar-refractivity contribution in [2.24, 2.45) is 5.92 Å². The van der Waals surface area contributed by atoms with Gasteiger partial charge in [-0.05, 0) is 71.0 Å². The molecule has 1 aromatic carbocycles. The van der Waals surface area contributed by atoms with Crippen LogP contribution in [0.2, 0.25) is 0 Å². The van der Waals surface area contributed by atoms with Gasteiger partial charge in [-0.1, -0.05) is 24.3 Å². The molecule has 1 unspecified atom stereocenters. The maximum atomic E-state index is 3.76. The molecule has 0 aromatic heterocycles. The van der Waals surface area contributed by atoms with Crippen LogP contribution in [0.25, 0.3) is 0 Å². The first-order valence-corrected chi connectivity index (χ1v) is 8.19. The molecule has 1 N–H and O–H groups in total. The van der Waals surface area contributed by atoms with Gasteiger partial charge in [0, 0.05) is 19.1 Å². The molecule has 0 saturated carbocycles. The van der Waals surface area contributed by atoms with E-state index in [1.165, 1.54) is 37.1 Å².